The van der Waals surface area contributed by atoms with Crippen LogP contribution in [0.25, 0.3) is 11.3 Å². The van der Waals surface area contributed by atoms with Crippen LogP contribution in [-0.2, 0) is 6.18 Å². The molecule has 0 spiro atoms. The molecule has 5 nitrogen and oxygen atoms in total. The molecule has 2 N–H and O–H groups in total. The molecule has 2 aliphatic rings. The molecule has 2 saturated carbocycles. The summed E-state index contributed by atoms with van der Waals surface area (Å²) in [6, 6.07) is 5.40. The van der Waals surface area contributed by atoms with Gasteiger partial charge < -0.3 is 5.73 Å². The van der Waals surface area contributed by atoms with Crippen molar-refractivity contribution in [2.24, 2.45) is 17.8 Å². The van der Waals surface area contributed by atoms with Crippen molar-refractivity contribution in [3.05, 3.63) is 29.6 Å². The van der Waals surface area contributed by atoms with E-state index in [0.717, 1.165) is 31.0 Å². The Morgan fingerprint density at radius 3 is 2.54 bits per heavy atom. The first kappa shape index (κ1) is 18.8. The van der Waals surface area contributed by atoms with Gasteiger partial charge in [0.2, 0.25) is 0 Å². The van der Waals surface area contributed by atoms with E-state index in [1.54, 1.807) is 0 Å². The second-order valence-corrected chi connectivity index (χ2v) is 8.22. The van der Waals surface area contributed by atoms with Gasteiger partial charge in [0.1, 0.15) is 5.82 Å². The largest absolute Gasteiger partial charge is 0.419 e. The molecule has 4 atom stereocenters. The Balaban J connectivity index is 1.72. The average molecular weight is 389 g/mol. The summed E-state index contributed by atoms with van der Waals surface area (Å²) in [4.78, 5) is 3.73. The quantitative estimate of drug-likeness (QED) is 0.819. The molecule has 0 aliphatic heterocycles. The number of hydrogen-bond donors (Lipinski definition) is 1. The van der Waals surface area contributed by atoms with E-state index < -0.39 is 17.6 Å². The molecule has 0 radical (unpaired) electrons. The lowest BCUT2D eigenvalue weighted by atomic mass is 9.81. The van der Waals surface area contributed by atoms with Crippen molar-refractivity contribution in [2.75, 3.05) is 5.73 Å². The lowest BCUT2D eigenvalue weighted by Gasteiger charge is -2.26. The lowest BCUT2D eigenvalue weighted by molar-refractivity contribution is -0.137. The van der Waals surface area contributed by atoms with Crippen molar-refractivity contribution < 1.29 is 13.2 Å². The number of anilines is 1. The van der Waals surface area contributed by atoms with Crippen LogP contribution >= 0.6 is 0 Å². The lowest BCUT2D eigenvalue weighted by Crippen LogP contribution is -2.19. The van der Waals surface area contributed by atoms with Crippen molar-refractivity contribution in [1.82, 2.24) is 14.8 Å². The molecule has 0 aromatic carbocycles. The molecule has 2 bridgehead atoms. The predicted molar refractivity (Wildman–Crippen MR) is 97.9 cm³/mol. The number of fused-ring (bicyclic) bond motifs is 2. The Kier molecular flexibility index (Phi) is 4.36. The van der Waals surface area contributed by atoms with Crippen LogP contribution < -0.4 is 5.73 Å². The monoisotopic (exact) mass is 389 g/mol. The van der Waals surface area contributed by atoms with Gasteiger partial charge in [-0.15, -0.1) is 0 Å². The number of nitrogens with zero attached hydrogens (tertiary/aromatic N) is 4. The molecule has 0 amide bonds. The van der Waals surface area contributed by atoms with Gasteiger partial charge in [0.25, 0.3) is 0 Å². The van der Waals surface area contributed by atoms with Crippen LogP contribution in [0, 0.1) is 29.1 Å². The number of pyridine rings is 1. The van der Waals surface area contributed by atoms with E-state index >= 15 is 0 Å². The van der Waals surface area contributed by atoms with E-state index in [-0.39, 0.29) is 12.0 Å². The third kappa shape index (κ3) is 3.03. The standard InChI is InChI=1S/C20H22F3N5/c1-10(2)28-18(15-5-11-3-12(15)4-13(11)8-24)7-17(27-28)14-6-16(20(21,22)23)19(25)26-9-14/h6-7,9-13,15H,3-5H2,1-2H3,(H2,25,26)/t11?,12-,13?,15+/m0/s1. The van der Waals surface area contributed by atoms with E-state index in [4.69, 9.17) is 5.73 Å². The van der Waals surface area contributed by atoms with Gasteiger partial charge in [0.15, 0.2) is 0 Å². The minimum absolute atomic E-state index is 0.0819. The second-order valence-electron chi connectivity index (χ2n) is 8.22. The fraction of sp³-hybridized carbons (Fsp3) is 0.550. The van der Waals surface area contributed by atoms with Gasteiger partial charge in [0.05, 0.1) is 17.3 Å². The molecule has 2 aromatic rings. The van der Waals surface area contributed by atoms with E-state index in [0.29, 0.717) is 29.0 Å². The van der Waals surface area contributed by atoms with Crippen LogP contribution in [0.3, 0.4) is 0 Å². The third-order valence-electron chi connectivity index (χ3n) is 6.18. The van der Waals surface area contributed by atoms with Crippen LogP contribution in [0.4, 0.5) is 19.0 Å². The van der Waals surface area contributed by atoms with Gasteiger partial charge in [-0.3, -0.25) is 4.68 Å². The maximum atomic E-state index is 13.2. The summed E-state index contributed by atoms with van der Waals surface area (Å²) < 4.78 is 41.5. The number of hydrogen-bond acceptors (Lipinski definition) is 4. The van der Waals surface area contributed by atoms with Crippen LogP contribution in [0.15, 0.2) is 18.3 Å². The van der Waals surface area contributed by atoms with Gasteiger partial charge in [0, 0.05) is 35.3 Å². The van der Waals surface area contributed by atoms with E-state index in [2.05, 4.69) is 16.2 Å². The summed E-state index contributed by atoms with van der Waals surface area (Å²) in [5.41, 5.74) is 6.30. The maximum Gasteiger partial charge on any atom is 0.419 e. The Morgan fingerprint density at radius 2 is 1.96 bits per heavy atom. The molecule has 2 fully saturated rings. The average Bonchev–Trinajstić information content (AvgIpc) is 3.33. The fourth-order valence-corrected chi connectivity index (χ4v) is 4.88. The van der Waals surface area contributed by atoms with Gasteiger partial charge in [-0.1, -0.05) is 0 Å². The van der Waals surface area contributed by atoms with Crippen LogP contribution in [0.5, 0.6) is 0 Å². The molecule has 2 aromatic heterocycles. The highest BCUT2D eigenvalue weighted by Gasteiger charge is 2.47. The number of nitrogens with two attached hydrogens (primary N) is 1. The van der Waals surface area contributed by atoms with Crippen molar-refractivity contribution in [1.29, 1.82) is 5.26 Å². The topological polar surface area (TPSA) is 80.5 Å². The molecule has 2 aliphatic carbocycles. The minimum atomic E-state index is -4.56. The molecular weight excluding hydrogens is 367 g/mol. The highest BCUT2D eigenvalue weighted by Crippen LogP contribution is 2.56. The van der Waals surface area contributed by atoms with E-state index in [9.17, 15) is 18.4 Å². The molecule has 148 valence electrons. The third-order valence-corrected chi connectivity index (χ3v) is 6.18. The van der Waals surface area contributed by atoms with Crippen molar-refractivity contribution >= 4 is 5.82 Å². The molecule has 2 heterocycles. The molecule has 2 unspecified atom stereocenters. The van der Waals surface area contributed by atoms with Gasteiger partial charge in [-0.25, -0.2) is 4.98 Å². The van der Waals surface area contributed by atoms with Crippen LogP contribution in [0.1, 0.15) is 56.3 Å². The smallest absolute Gasteiger partial charge is 0.383 e. The highest BCUT2D eigenvalue weighted by molar-refractivity contribution is 5.63. The summed E-state index contributed by atoms with van der Waals surface area (Å²) >= 11 is 0. The Hall–Kier alpha value is -2.56. The van der Waals surface area contributed by atoms with Crippen molar-refractivity contribution in [3.8, 4) is 17.3 Å². The molecule has 28 heavy (non-hydrogen) atoms. The zero-order valence-corrected chi connectivity index (χ0v) is 15.7. The van der Waals surface area contributed by atoms with Crippen molar-refractivity contribution in [2.45, 2.75) is 51.2 Å². The summed E-state index contributed by atoms with van der Waals surface area (Å²) in [6.07, 6.45) is -0.342. The maximum absolute atomic E-state index is 13.2. The Labute approximate surface area is 161 Å². The normalized spacial score (nSPS) is 26.8. The second kappa shape index (κ2) is 6.50. The van der Waals surface area contributed by atoms with Gasteiger partial charge in [-0.05, 0) is 57.1 Å². The zero-order chi connectivity index (χ0) is 20.2. The number of nitrogen functional groups attached to an aromatic ring is 1. The molecule has 4 rings (SSSR count). The summed E-state index contributed by atoms with van der Waals surface area (Å²) in [6.45, 7) is 4.02. The van der Waals surface area contributed by atoms with Crippen molar-refractivity contribution in [3.63, 3.8) is 0 Å². The first-order valence-electron chi connectivity index (χ1n) is 9.51. The number of alkyl halides is 3. The van der Waals surface area contributed by atoms with E-state index in [1.807, 2.05) is 24.6 Å². The summed E-state index contributed by atoms with van der Waals surface area (Å²) in [5, 5.41) is 13.9. The molecular formula is C20H22F3N5. The van der Waals surface area contributed by atoms with E-state index in [1.165, 1.54) is 6.20 Å². The van der Waals surface area contributed by atoms with Crippen LogP contribution in [0.2, 0.25) is 0 Å². The van der Waals surface area contributed by atoms with Gasteiger partial charge >= 0.3 is 6.18 Å². The zero-order valence-electron chi connectivity index (χ0n) is 15.7. The predicted octanol–water partition coefficient (Wildman–Crippen LogP) is 4.78. The Morgan fingerprint density at radius 1 is 1.21 bits per heavy atom. The van der Waals surface area contributed by atoms with Crippen LogP contribution in [-0.4, -0.2) is 14.8 Å². The minimum Gasteiger partial charge on any atom is -0.383 e. The number of halogens is 3. The Bertz CT molecular complexity index is 940. The fourth-order valence-electron chi connectivity index (χ4n) is 4.88. The molecule has 8 heteroatoms. The summed E-state index contributed by atoms with van der Waals surface area (Å²) in [5.74, 6) is 0.741. The van der Waals surface area contributed by atoms with Gasteiger partial charge in [-0.2, -0.15) is 23.5 Å². The number of rotatable bonds is 3. The SMILES string of the molecule is CC(C)n1nc(-c2cnc(N)c(C(F)(F)F)c2)cc1[C@@H]1CC2C[C@H]1CC2C#N. The highest BCUT2D eigenvalue weighted by atomic mass is 19.4. The first-order chi connectivity index (χ1) is 13.2. The summed E-state index contributed by atoms with van der Waals surface area (Å²) in [7, 11) is 0. The number of aromatic nitrogens is 3. The molecule has 0 saturated heterocycles. The first-order valence-corrected chi connectivity index (χ1v) is 9.51. The number of nitriles is 1.